The predicted molar refractivity (Wildman–Crippen MR) is 104 cm³/mol. The molecular weight excluding hydrogens is 349 g/mol. The first-order chi connectivity index (χ1) is 12.7. The Bertz CT molecular complexity index is 836. The number of halogens is 2. The summed E-state index contributed by atoms with van der Waals surface area (Å²) >= 11 is 5.89. The Labute approximate surface area is 158 Å². The van der Waals surface area contributed by atoms with Gasteiger partial charge >= 0.3 is 0 Å². The molecule has 0 aliphatic rings. The van der Waals surface area contributed by atoms with E-state index in [4.69, 9.17) is 16.3 Å². The minimum absolute atomic E-state index is 0.222. The second kappa shape index (κ2) is 9.37. The van der Waals surface area contributed by atoms with Crippen LogP contribution in [0.25, 0.3) is 0 Å². The maximum atomic E-state index is 13.6. The van der Waals surface area contributed by atoms with Crippen LogP contribution in [0.15, 0.2) is 72.8 Å². The molecule has 26 heavy (non-hydrogen) atoms. The Balaban J connectivity index is 1.46. The van der Waals surface area contributed by atoms with Crippen LogP contribution < -0.4 is 10.1 Å². The molecule has 0 amide bonds. The number of hydrogen-bond donors (Lipinski definition) is 1. The molecule has 0 aliphatic carbocycles. The second-order valence-corrected chi connectivity index (χ2v) is 6.52. The van der Waals surface area contributed by atoms with E-state index in [0.717, 1.165) is 35.8 Å². The normalized spacial score (nSPS) is 10.7. The minimum atomic E-state index is -0.243. The Morgan fingerprint density at radius 2 is 1.69 bits per heavy atom. The number of rotatable bonds is 8. The molecule has 0 aromatic heterocycles. The molecule has 3 aromatic carbocycles. The molecule has 0 atom stereocenters. The maximum absolute atomic E-state index is 13.6. The Morgan fingerprint density at radius 1 is 0.885 bits per heavy atom. The van der Waals surface area contributed by atoms with Crippen molar-refractivity contribution in [1.29, 1.82) is 0 Å². The van der Waals surface area contributed by atoms with E-state index in [1.54, 1.807) is 12.1 Å². The van der Waals surface area contributed by atoms with E-state index in [1.807, 2.05) is 54.6 Å². The van der Waals surface area contributed by atoms with Crippen LogP contribution >= 0.6 is 11.6 Å². The van der Waals surface area contributed by atoms with Gasteiger partial charge in [0.05, 0.1) is 0 Å². The van der Waals surface area contributed by atoms with Gasteiger partial charge in [0.2, 0.25) is 0 Å². The summed E-state index contributed by atoms with van der Waals surface area (Å²) in [6, 6.07) is 22.4. The molecule has 0 bridgehead atoms. The van der Waals surface area contributed by atoms with Crippen molar-refractivity contribution in [2.24, 2.45) is 0 Å². The molecule has 0 heterocycles. The van der Waals surface area contributed by atoms with Gasteiger partial charge in [0, 0.05) is 17.1 Å². The molecule has 1 N–H and O–H groups in total. The van der Waals surface area contributed by atoms with Crippen LogP contribution in [0.5, 0.6) is 5.75 Å². The smallest absolute Gasteiger partial charge is 0.129 e. The van der Waals surface area contributed by atoms with Gasteiger partial charge in [-0.25, -0.2) is 4.39 Å². The fourth-order valence-corrected chi connectivity index (χ4v) is 2.76. The fourth-order valence-electron chi connectivity index (χ4n) is 2.64. The minimum Gasteiger partial charge on any atom is -0.489 e. The second-order valence-electron chi connectivity index (χ2n) is 6.08. The van der Waals surface area contributed by atoms with Gasteiger partial charge < -0.3 is 10.1 Å². The van der Waals surface area contributed by atoms with Gasteiger partial charge in [0.25, 0.3) is 0 Å². The van der Waals surface area contributed by atoms with Crippen LogP contribution in [0.3, 0.4) is 0 Å². The quantitative estimate of drug-likeness (QED) is 0.537. The first-order valence-electron chi connectivity index (χ1n) is 8.61. The molecule has 0 spiro atoms. The summed E-state index contributed by atoms with van der Waals surface area (Å²) < 4.78 is 19.4. The van der Waals surface area contributed by atoms with E-state index in [9.17, 15) is 4.39 Å². The third-order valence-corrected chi connectivity index (χ3v) is 4.34. The van der Waals surface area contributed by atoms with Gasteiger partial charge in [-0.3, -0.25) is 0 Å². The monoisotopic (exact) mass is 369 g/mol. The number of ether oxygens (including phenoxy) is 1. The van der Waals surface area contributed by atoms with Gasteiger partial charge in [-0.05, 0) is 54.4 Å². The lowest BCUT2D eigenvalue weighted by atomic mass is 10.1. The lowest BCUT2D eigenvalue weighted by Gasteiger charge is -2.10. The third kappa shape index (κ3) is 5.58. The summed E-state index contributed by atoms with van der Waals surface area (Å²) in [5.74, 6) is 0.498. The highest BCUT2D eigenvalue weighted by Gasteiger charge is 2.03. The van der Waals surface area contributed by atoms with Crippen molar-refractivity contribution < 1.29 is 9.13 Å². The summed E-state index contributed by atoms with van der Waals surface area (Å²) in [7, 11) is 0. The largest absolute Gasteiger partial charge is 0.489 e. The van der Waals surface area contributed by atoms with E-state index in [2.05, 4.69) is 5.32 Å². The average Bonchev–Trinajstić information content (AvgIpc) is 2.66. The Morgan fingerprint density at radius 3 is 2.50 bits per heavy atom. The molecule has 0 aliphatic heterocycles. The molecule has 0 unspecified atom stereocenters. The topological polar surface area (TPSA) is 21.3 Å². The Hall–Kier alpha value is -2.36. The molecule has 3 rings (SSSR count). The van der Waals surface area contributed by atoms with Crippen LogP contribution in [0.4, 0.5) is 4.39 Å². The van der Waals surface area contributed by atoms with E-state index in [-0.39, 0.29) is 12.4 Å². The highest BCUT2D eigenvalue weighted by atomic mass is 35.5. The highest BCUT2D eigenvalue weighted by molar-refractivity contribution is 6.30. The number of hydrogen-bond acceptors (Lipinski definition) is 2. The SMILES string of the molecule is Fc1ccccc1COc1cccc(CNCCc2ccc(Cl)cc2)c1. The van der Waals surface area contributed by atoms with Crippen LogP contribution in [-0.2, 0) is 19.6 Å². The fraction of sp³-hybridized carbons (Fsp3) is 0.182. The Kier molecular flexibility index (Phi) is 6.64. The zero-order chi connectivity index (χ0) is 18.2. The molecule has 2 nitrogen and oxygen atoms in total. The summed E-state index contributed by atoms with van der Waals surface area (Å²) in [6.45, 7) is 1.85. The summed E-state index contributed by atoms with van der Waals surface area (Å²) in [4.78, 5) is 0. The van der Waals surface area contributed by atoms with Crippen LogP contribution in [0, 0.1) is 5.82 Å². The van der Waals surface area contributed by atoms with E-state index in [0.29, 0.717) is 5.56 Å². The van der Waals surface area contributed by atoms with Gasteiger partial charge in [0.15, 0.2) is 0 Å². The summed E-state index contributed by atoms with van der Waals surface area (Å²) in [5.41, 5.74) is 2.94. The summed E-state index contributed by atoms with van der Waals surface area (Å²) in [5, 5.41) is 4.18. The van der Waals surface area contributed by atoms with Crippen molar-refractivity contribution in [3.63, 3.8) is 0 Å². The summed E-state index contributed by atoms with van der Waals surface area (Å²) in [6.07, 6.45) is 0.945. The van der Waals surface area contributed by atoms with Crippen LogP contribution in [-0.4, -0.2) is 6.54 Å². The molecule has 4 heteroatoms. The zero-order valence-electron chi connectivity index (χ0n) is 14.4. The maximum Gasteiger partial charge on any atom is 0.129 e. The first kappa shape index (κ1) is 18.4. The molecule has 0 saturated heterocycles. The van der Waals surface area contributed by atoms with Crippen molar-refractivity contribution in [2.75, 3.05) is 6.54 Å². The zero-order valence-corrected chi connectivity index (χ0v) is 15.2. The lowest BCUT2D eigenvalue weighted by molar-refractivity contribution is 0.299. The lowest BCUT2D eigenvalue weighted by Crippen LogP contribution is -2.16. The number of benzene rings is 3. The van der Waals surface area contributed by atoms with Gasteiger partial charge in [-0.1, -0.05) is 54.1 Å². The molecule has 0 fully saturated rings. The predicted octanol–water partition coefficient (Wildman–Crippen LogP) is 5.39. The molecule has 0 saturated carbocycles. The molecular formula is C22H21ClFNO. The highest BCUT2D eigenvalue weighted by Crippen LogP contribution is 2.16. The van der Waals surface area contributed by atoms with Crippen molar-refractivity contribution in [3.8, 4) is 5.75 Å². The van der Waals surface area contributed by atoms with E-state index >= 15 is 0 Å². The first-order valence-corrected chi connectivity index (χ1v) is 8.99. The van der Waals surface area contributed by atoms with E-state index in [1.165, 1.54) is 11.6 Å². The van der Waals surface area contributed by atoms with Crippen LogP contribution in [0.1, 0.15) is 16.7 Å². The standard InChI is InChI=1S/C22H21ClFNO/c23-20-10-8-17(9-11-20)12-13-25-15-18-4-3-6-21(14-18)26-16-19-5-1-2-7-22(19)24/h1-11,14,25H,12-13,15-16H2. The van der Waals surface area contributed by atoms with Crippen molar-refractivity contribution >= 4 is 11.6 Å². The molecule has 0 radical (unpaired) electrons. The van der Waals surface area contributed by atoms with E-state index < -0.39 is 0 Å². The number of nitrogens with one attached hydrogen (secondary N) is 1. The van der Waals surface area contributed by atoms with Gasteiger partial charge in [-0.2, -0.15) is 0 Å². The van der Waals surface area contributed by atoms with Gasteiger partial charge in [-0.15, -0.1) is 0 Å². The average molecular weight is 370 g/mol. The van der Waals surface area contributed by atoms with Crippen molar-refractivity contribution in [3.05, 3.63) is 100 Å². The van der Waals surface area contributed by atoms with Gasteiger partial charge in [0.1, 0.15) is 18.2 Å². The van der Waals surface area contributed by atoms with Crippen LogP contribution in [0.2, 0.25) is 5.02 Å². The van der Waals surface area contributed by atoms with Crippen molar-refractivity contribution in [2.45, 2.75) is 19.6 Å². The molecule has 3 aromatic rings. The molecule has 134 valence electrons. The third-order valence-electron chi connectivity index (χ3n) is 4.08. The van der Waals surface area contributed by atoms with Crippen molar-refractivity contribution in [1.82, 2.24) is 5.32 Å².